The van der Waals surface area contributed by atoms with Crippen molar-refractivity contribution in [2.24, 2.45) is 29.6 Å². The van der Waals surface area contributed by atoms with Crippen LogP contribution in [0.25, 0.3) is 0 Å². The van der Waals surface area contributed by atoms with Gasteiger partial charge in [-0.3, -0.25) is 4.79 Å². The number of ketones is 1. The molecule has 0 spiro atoms. The SMILES string of the molecule is CC1CC(=O)C2C=CC3C=CC1C32. The van der Waals surface area contributed by atoms with E-state index in [4.69, 9.17) is 0 Å². The Morgan fingerprint density at radius 1 is 1.23 bits per heavy atom. The molecule has 0 saturated heterocycles. The Bertz CT molecular complexity index is 313. The van der Waals surface area contributed by atoms with E-state index < -0.39 is 0 Å². The molecule has 0 amide bonds. The van der Waals surface area contributed by atoms with Crippen LogP contribution in [0.3, 0.4) is 0 Å². The monoisotopic (exact) mass is 174 g/mol. The number of hydrogen-bond donors (Lipinski definition) is 0. The molecule has 1 saturated carbocycles. The van der Waals surface area contributed by atoms with Crippen LogP contribution >= 0.6 is 0 Å². The maximum atomic E-state index is 11.7. The van der Waals surface area contributed by atoms with Crippen LogP contribution in [-0.4, -0.2) is 5.78 Å². The first-order valence-corrected chi connectivity index (χ1v) is 5.17. The molecule has 0 bridgehead atoms. The molecule has 3 aliphatic carbocycles. The fraction of sp³-hybridized carbons (Fsp3) is 0.583. The van der Waals surface area contributed by atoms with E-state index in [9.17, 15) is 4.79 Å². The van der Waals surface area contributed by atoms with E-state index in [0.29, 0.717) is 29.5 Å². The van der Waals surface area contributed by atoms with Crippen molar-refractivity contribution in [3.05, 3.63) is 24.3 Å². The van der Waals surface area contributed by atoms with E-state index in [1.54, 1.807) is 0 Å². The zero-order valence-corrected chi connectivity index (χ0v) is 7.81. The Balaban J connectivity index is 2.02. The lowest BCUT2D eigenvalue weighted by atomic mass is 9.68. The van der Waals surface area contributed by atoms with Gasteiger partial charge < -0.3 is 0 Å². The zero-order chi connectivity index (χ0) is 9.00. The first-order valence-electron chi connectivity index (χ1n) is 5.17. The van der Waals surface area contributed by atoms with Crippen molar-refractivity contribution in [3.8, 4) is 0 Å². The Kier molecular flexibility index (Phi) is 1.36. The summed E-state index contributed by atoms with van der Waals surface area (Å²) in [6.07, 6.45) is 9.78. The van der Waals surface area contributed by atoms with Crippen LogP contribution < -0.4 is 0 Å². The Labute approximate surface area is 78.5 Å². The molecule has 0 heterocycles. The van der Waals surface area contributed by atoms with Gasteiger partial charge in [0.15, 0.2) is 0 Å². The molecule has 1 nitrogen and oxygen atoms in total. The molecule has 0 aliphatic heterocycles. The third-order valence-electron chi connectivity index (χ3n) is 3.95. The van der Waals surface area contributed by atoms with Crippen LogP contribution in [0.5, 0.6) is 0 Å². The van der Waals surface area contributed by atoms with Crippen LogP contribution in [0.15, 0.2) is 24.3 Å². The number of rotatable bonds is 0. The summed E-state index contributed by atoms with van der Waals surface area (Å²) in [5.41, 5.74) is 0. The van der Waals surface area contributed by atoms with E-state index in [1.807, 2.05) is 0 Å². The van der Waals surface area contributed by atoms with Gasteiger partial charge >= 0.3 is 0 Å². The summed E-state index contributed by atoms with van der Waals surface area (Å²) in [6, 6.07) is 0. The molecule has 68 valence electrons. The summed E-state index contributed by atoms with van der Waals surface area (Å²) in [5.74, 6) is 3.12. The first-order chi connectivity index (χ1) is 6.27. The molecule has 3 aliphatic rings. The van der Waals surface area contributed by atoms with Crippen molar-refractivity contribution < 1.29 is 4.79 Å². The van der Waals surface area contributed by atoms with Gasteiger partial charge in [0.05, 0.1) is 0 Å². The van der Waals surface area contributed by atoms with Crippen LogP contribution in [0.4, 0.5) is 0 Å². The van der Waals surface area contributed by atoms with Gasteiger partial charge in [0.2, 0.25) is 0 Å². The molecule has 0 aromatic carbocycles. The van der Waals surface area contributed by atoms with E-state index in [-0.39, 0.29) is 5.92 Å². The highest BCUT2D eigenvalue weighted by Gasteiger charge is 2.47. The molecule has 1 fully saturated rings. The van der Waals surface area contributed by atoms with Gasteiger partial charge in [0, 0.05) is 12.3 Å². The number of allylic oxidation sites excluding steroid dienone is 4. The predicted octanol–water partition coefficient (Wildman–Crippen LogP) is 2.20. The number of Topliss-reactive ketones (excluding diaryl/α,β-unsaturated/α-hetero) is 1. The molecule has 3 rings (SSSR count). The van der Waals surface area contributed by atoms with E-state index >= 15 is 0 Å². The van der Waals surface area contributed by atoms with Gasteiger partial charge in [-0.25, -0.2) is 0 Å². The highest BCUT2D eigenvalue weighted by Crippen LogP contribution is 2.50. The van der Waals surface area contributed by atoms with Crippen molar-refractivity contribution in [3.63, 3.8) is 0 Å². The van der Waals surface area contributed by atoms with Gasteiger partial charge in [-0.05, 0) is 23.7 Å². The van der Waals surface area contributed by atoms with Crippen LogP contribution in [-0.2, 0) is 4.79 Å². The lowest BCUT2D eigenvalue weighted by molar-refractivity contribution is -0.127. The zero-order valence-electron chi connectivity index (χ0n) is 7.81. The molecular formula is C12H14O. The topological polar surface area (TPSA) is 17.1 Å². The largest absolute Gasteiger partial charge is 0.299 e. The third-order valence-corrected chi connectivity index (χ3v) is 3.95. The fourth-order valence-electron chi connectivity index (χ4n) is 3.30. The molecule has 5 atom stereocenters. The van der Waals surface area contributed by atoms with Crippen molar-refractivity contribution in [2.45, 2.75) is 13.3 Å². The second-order valence-electron chi connectivity index (χ2n) is 4.68. The maximum Gasteiger partial charge on any atom is 0.140 e. The van der Waals surface area contributed by atoms with Crippen LogP contribution in [0.2, 0.25) is 0 Å². The smallest absolute Gasteiger partial charge is 0.140 e. The van der Waals surface area contributed by atoms with Crippen molar-refractivity contribution >= 4 is 5.78 Å². The van der Waals surface area contributed by atoms with Crippen molar-refractivity contribution in [1.29, 1.82) is 0 Å². The molecule has 0 aromatic heterocycles. The van der Waals surface area contributed by atoms with Crippen molar-refractivity contribution in [2.75, 3.05) is 0 Å². The van der Waals surface area contributed by atoms with Gasteiger partial charge in [-0.15, -0.1) is 0 Å². The van der Waals surface area contributed by atoms with Crippen LogP contribution in [0, 0.1) is 29.6 Å². The Morgan fingerprint density at radius 3 is 2.85 bits per heavy atom. The van der Waals surface area contributed by atoms with E-state index in [0.717, 1.165) is 6.42 Å². The van der Waals surface area contributed by atoms with Crippen LogP contribution in [0.1, 0.15) is 13.3 Å². The average molecular weight is 174 g/mol. The van der Waals surface area contributed by atoms with Gasteiger partial charge in [-0.2, -0.15) is 0 Å². The average Bonchev–Trinajstić information content (AvgIpc) is 2.60. The normalized spacial score (nSPS) is 51.5. The van der Waals surface area contributed by atoms with Gasteiger partial charge in [0.1, 0.15) is 5.78 Å². The van der Waals surface area contributed by atoms with Gasteiger partial charge in [0.25, 0.3) is 0 Å². The van der Waals surface area contributed by atoms with Gasteiger partial charge in [-0.1, -0.05) is 31.2 Å². The molecule has 5 unspecified atom stereocenters. The summed E-state index contributed by atoms with van der Waals surface area (Å²) in [5, 5.41) is 0. The minimum absolute atomic E-state index is 0.251. The summed E-state index contributed by atoms with van der Waals surface area (Å²) in [7, 11) is 0. The lowest BCUT2D eigenvalue weighted by Gasteiger charge is -2.34. The van der Waals surface area contributed by atoms with E-state index in [2.05, 4.69) is 31.2 Å². The summed E-state index contributed by atoms with van der Waals surface area (Å²) < 4.78 is 0. The predicted molar refractivity (Wildman–Crippen MR) is 51.0 cm³/mol. The summed E-state index contributed by atoms with van der Waals surface area (Å²) >= 11 is 0. The molecule has 13 heavy (non-hydrogen) atoms. The number of carbonyl (C=O) groups is 1. The lowest BCUT2D eigenvalue weighted by Crippen LogP contribution is -2.36. The minimum atomic E-state index is 0.251. The molecule has 1 heteroatoms. The summed E-state index contributed by atoms with van der Waals surface area (Å²) in [4.78, 5) is 11.7. The number of carbonyl (C=O) groups excluding carboxylic acids is 1. The first kappa shape index (κ1) is 7.54. The Hall–Kier alpha value is -0.850. The minimum Gasteiger partial charge on any atom is -0.299 e. The number of hydrogen-bond acceptors (Lipinski definition) is 1. The molecule has 0 N–H and O–H groups in total. The summed E-state index contributed by atoms with van der Waals surface area (Å²) in [6.45, 7) is 2.21. The quantitative estimate of drug-likeness (QED) is 0.514. The van der Waals surface area contributed by atoms with E-state index in [1.165, 1.54) is 0 Å². The maximum absolute atomic E-state index is 11.7. The van der Waals surface area contributed by atoms with Crippen molar-refractivity contribution in [1.82, 2.24) is 0 Å². The molecule has 0 radical (unpaired) electrons. The fourth-order valence-corrected chi connectivity index (χ4v) is 3.30. The second kappa shape index (κ2) is 2.34. The standard InChI is InChI=1S/C12H14O/c1-7-6-11(13)10-5-3-8-2-4-9(7)12(8)10/h2-5,7-10,12H,6H2,1H3. The molecule has 0 aromatic rings. The third kappa shape index (κ3) is 0.849. The highest BCUT2D eigenvalue weighted by molar-refractivity contribution is 5.85. The Morgan fingerprint density at radius 2 is 2.00 bits per heavy atom. The molecular weight excluding hydrogens is 160 g/mol. The second-order valence-corrected chi connectivity index (χ2v) is 4.68. The highest BCUT2D eigenvalue weighted by atomic mass is 16.1.